The molecule has 0 aliphatic heterocycles. The molecule has 190 valence electrons. The van der Waals surface area contributed by atoms with Crippen LogP contribution in [0, 0.1) is 19.8 Å². The van der Waals surface area contributed by atoms with Gasteiger partial charge in [0.2, 0.25) is 0 Å². The van der Waals surface area contributed by atoms with E-state index >= 15 is 0 Å². The average molecular weight is 487 g/mol. The molecule has 0 unspecified atom stereocenters. The quantitative estimate of drug-likeness (QED) is 0.364. The highest BCUT2D eigenvalue weighted by Gasteiger charge is 2.32. The summed E-state index contributed by atoms with van der Waals surface area (Å²) in [7, 11) is 0. The highest BCUT2D eigenvalue weighted by atomic mass is 16.1. The standard InChI is InChI=1S/C29H38N6O/c1-19(2)26(27-31-32-33-35(27)29(5,6)7)34(16-15-22-11-9-8-10-12-22)18-23-17-24-20(3)13-14-21(4)25(24)30-28(23)36/h8-14,17,19,26H,15-16,18H2,1-7H3,(H,30,36)/t26-/m1/s1. The van der Waals surface area contributed by atoms with Crippen molar-refractivity contribution < 1.29 is 0 Å². The van der Waals surface area contributed by atoms with Gasteiger partial charge < -0.3 is 4.98 Å². The van der Waals surface area contributed by atoms with Gasteiger partial charge in [0.1, 0.15) is 0 Å². The highest BCUT2D eigenvalue weighted by Crippen LogP contribution is 2.31. The van der Waals surface area contributed by atoms with Crippen LogP contribution in [-0.4, -0.2) is 36.6 Å². The largest absolute Gasteiger partial charge is 0.321 e. The maximum atomic E-state index is 13.3. The van der Waals surface area contributed by atoms with E-state index in [2.05, 4.69) is 109 Å². The molecule has 4 rings (SSSR count). The summed E-state index contributed by atoms with van der Waals surface area (Å²) in [6.07, 6.45) is 0.866. The molecule has 2 aromatic carbocycles. The maximum absolute atomic E-state index is 13.3. The Morgan fingerprint density at radius 2 is 1.72 bits per heavy atom. The molecule has 7 nitrogen and oxygen atoms in total. The minimum Gasteiger partial charge on any atom is -0.321 e. The van der Waals surface area contributed by atoms with E-state index in [1.165, 1.54) is 5.56 Å². The van der Waals surface area contributed by atoms with E-state index in [1.807, 2.05) is 17.7 Å². The van der Waals surface area contributed by atoms with Gasteiger partial charge in [0, 0.05) is 24.0 Å². The van der Waals surface area contributed by atoms with Gasteiger partial charge in [-0.1, -0.05) is 56.3 Å². The molecule has 0 spiro atoms. The second-order valence-electron chi connectivity index (χ2n) is 11.1. The van der Waals surface area contributed by atoms with E-state index in [-0.39, 0.29) is 23.1 Å². The number of benzene rings is 2. The fraction of sp³-hybridized carbons (Fsp3) is 0.448. The summed E-state index contributed by atoms with van der Waals surface area (Å²) >= 11 is 0. The van der Waals surface area contributed by atoms with E-state index in [0.717, 1.165) is 46.4 Å². The Balaban J connectivity index is 1.78. The molecule has 0 bridgehead atoms. The number of aryl methyl sites for hydroxylation is 2. The molecule has 0 saturated heterocycles. The molecule has 0 aliphatic rings. The van der Waals surface area contributed by atoms with Crippen LogP contribution < -0.4 is 5.56 Å². The predicted molar refractivity (Wildman–Crippen MR) is 145 cm³/mol. The second-order valence-corrected chi connectivity index (χ2v) is 11.1. The Morgan fingerprint density at radius 3 is 2.39 bits per heavy atom. The monoisotopic (exact) mass is 486 g/mol. The maximum Gasteiger partial charge on any atom is 0.252 e. The third-order valence-corrected chi connectivity index (χ3v) is 6.84. The molecule has 4 aromatic rings. The first-order valence-corrected chi connectivity index (χ1v) is 12.7. The second kappa shape index (κ2) is 10.3. The van der Waals surface area contributed by atoms with E-state index in [0.29, 0.717) is 6.54 Å². The number of aromatic amines is 1. The summed E-state index contributed by atoms with van der Waals surface area (Å²) in [6.45, 7) is 16.1. The molecule has 36 heavy (non-hydrogen) atoms. The van der Waals surface area contributed by atoms with E-state index in [1.54, 1.807) is 0 Å². The fourth-order valence-corrected chi connectivity index (χ4v) is 4.93. The molecule has 0 aliphatic carbocycles. The number of hydrogen-bond donors (Lipinski definition) is 1. The lowest BCUT2D eigenvalue weighted by Gasteiger charge is -2.35. The fourth-order valence-electron chi connectivity index (χ4n) is 4.93. The number of rotatable bonds is 8. The molecule has 1 N–H and O–H groups in total. The van der Waals surface area contributed by atoms with E-state index < -0.39 is 0 Å². The van der Waals surface area contributed by atoms with Crippen LogP contribution in [0.25, 0.3) is 10.9 Å². The first kappa shape index (κ1) is 25.8. The Morgan fingerprint density at radius 1 is 1.03 bits per heavy atom. The zero-order chi connectivity index (χ0) is 26.0. The van der Waals surface area contributed by atoms with Crippen LogP contribution in [0.4, 0.5) is 0 Å². The molecular formula is C29H38N6O. The van der Waals surface area contributed by atoms with Crippen LogP contribution in [0.15, 0.2) is 53.3 Å². The van der Waals surface area contributed by atoms with Crippen molar-refractivity contribution in [1.29, 1.82) is 0 Å². The Hall–Kier alpha value is -3.32. The van der Waals surface area contributed by atoms with E-state index in [4.69, 9.17) is 0 Å². The van der Waals surface area contributed by atoms with E-state index in [9.17, 15) is 4.79 Å². The van der Waals surface area contributed by atoms with Crippen LogP contribution >= 0.6 is 0 Å². The number of nitrogens with one attached hydrogen (secondary N) is 1. The number of tetrazole rings is 1. The molecule has 1 atom stereocenters. The summed E-state index contributed by atoms with van der Waals surface area (Å²) in [5, 5.41) is 14.0. The Labute approximate surface area is 213 Å². The van der Waals surface area contributed by atoms with Crippen molar-refractivity contribution >= 4 is 10.9 Å². The van der Waals surface area contributed by atoms with Gasteiger partial charge in [-0.15, -0.1) is 5.10 Å². The van der Waals surface area contributed by atoms with Crippen molar-refractivity contribution in [1.82, 2.24) is 30.1 Å². The zero-order valence-electron chi connectivity index (χ0n) is 22.5. The van der Waals surface area contributed by atoms with Crippen LogP contribution in [0.1, 0.15) is 68.7 Å². The van der Waals surface area contributed by atoms with Gasteiger partial charge in [0.25, 0.3) is 5.56 Å². The zero-order valence-corrected chi connectivity index (χ0v) is 22.5. The summed E-state index contributed by atoms with van der Waals surface area (Å²) < 4.78 is 1.92. The van der Waals surface area contributed by atoms with Gasteiger partial charge in [0.15, 0.2) is 5.82 Å². The Bertz CT molecular complexity index is 1380. The van der Waals surface area contributed by atoms with Crippen molar-refractivity contribution in [3.05, 3.63) is 87.0 Å². The van der Waals surface area contributed by atoms with Crippen LogP contribution in [-0.2, 0) is 18.5 Å². The molecule has 0 fully saturated rings. The summed E-state index contributed by atoms with van der Waals surface area (Å²) in [5.41, 5.74) is 4.86. The first-order valence-electron chi connectivity index (χ1n) is 12.7. The van der Waals surface area contributed by atoms with Gasteiger partial charge in [-0.25, -0.2) is 4.68 Å². The number of pyridine rings is 1. The minimum atomic E-state index is -0.258. The lowest BCUT2D eigenvalue weighted by molar-refractivity contribution is 0.129. The van der Waals surface area contributed by atoms with Crippen LogP contribution in [0.5, 0.6) is 0 Å². The molecule has 0 amide bonds. The van der Waals surface area contributed by atoms with Gasteiger partial charge in [-0.2, -0.15) is 0 Å². The molecular weight excluding hydrogens is 448 g/mol. The van der Waals surface area contributed by atoms with Gasteiger partial charge >= 0.3 is 0 Å². The molecule has 2 heterocycles. The third kappa shape index (κ3) is 5.41. The smallest absolute Gasteiger partial charge is 0.252 e. The predicted octanol–water partition coefficient (Wildman–Crippen LogP) is 5.33. The lowest BCUT2D eigenvalue weighted by atomic mass is 9.98. The number of hydrogen-bond acceptors (Lipinski definition) is 5. The summed E-state index contributed by atoms with van der Waals surface area (Å²) in [6, 6.07) is 16.6. The van der Waals surface area contributed by atoms with Crippen molar-refractivity contribution in [2.45, 2.75) is 73.0 Å². The molecule has 0 saturated carbocycles. The number of nitrogens with zero attached hydrogens (tertiary/aromatic N) is 5. The first-order chi connectivity index (χ1) is 17.1. The molecule has 2 aromatic heterocycles. The summed E-state index contributed by atoms with van der Waals surface area (Å²) in [5.74, 6) is 1.06. The minimum absolute atomic E-state index is 0.0427. The lowest BCUT2D eigenvalue weighted by Crippen LogP contribution is -2.39. The molecule has 0 radical (unpaired) electrons. The SMILES string of the molecule is Cc1ccc(C)c2[nH]c(=O)c(CN(CCc3ccccc3)[C@@H](c3nnnn3C(C)(C)C)C(C)C)cc12. The normalized spacial score (nSPS) is 13.1. The van der Waals surface area contributed by atoms with Gasteiger partial charge in [0.05, 0.1) is 17.1 Å². The number of H-pyrrole nitrogens is 1. The van der Waals surface area contributed by atoms with Crippen molar-refractivity contribution in [2.24, 2.45) is 5.92 Å². The average Bonchev–Trinajstić information content (AvgIpc) is 3.31. The number of aromatic nitrogens is 5. The van der Waals surface area contributed by atoms with Crippen LogP contribution in [0.2, 0.25) is 0 Å². The van der Waals surface area contributed by atoms with Crippen molar-refractivity contribution in [3.63, 3.8) is 0 Å². The number of fused-ring (bicyclic) bond motifs is 1. The summed E-state index contributed by atoms with van der Waals surface area (Å²) in [4.78, 5) is 18.8. The van der Waals surface area contributed by atoms with Crippen LogP contribution in [0.3, 0.4) is 0 Å². The Kier molecular flexibility index (Phi) is 7.41. The topological polar surface area (TPSA) is 79.7 Å². The van der Waals surface area contributed by atoms with Crippen molar-refractivity contribution in [3.8, 4) is 0 Å². The molecule has 7 heteroatoms. The third-order valence-electron chi connectivity index (χ3n) is 6.84. The van der Waals surface area contributed by atoms with Gasteiger partial charge in [-0.3, -0.25) is 9.69 Å². The van der Waals surface area contributed by atoms with Crippen molar-refractivity contribution in [2.75, 3.05) is 6.54 Å². The van der Waals surface area contributed by atoms with Gasteiger partial charge in [-0.05, 0) is 80.1 Å². The highest BCUT2D eigenvalue weighted by molar-refractivity contribution is 5.85.